The Bertz CT molecular complexity index is 1100. The molecule has 31 heavy (non-hydrogen) atoms. The number of benzene rings is 3. The van der Waals surface area contributed by atoms with Crippen molar-refractivity contribution in [2.24, 2.45) is 0 Å². The number of ether oxygens (including phenoxy) is 2. The zero-order valence-corrected chi connectivity index (χ0v) is 16.6. The van der Waals surface area contributed by atoms with E-state index in [0.29, 0.717) is 16.9 Å². The lowest BCUT2D eigenvalue weighted by Gasteiger charge is -2.13. The van der Waals surface area contributed by atoms with E-state index in [1.165, 1.54) is 36.4 Å². The van der Waals surface area contributed by atoms with Crippen LogP contribution in [0.5, 0.6) is 11.5 Å². The molecule has 0 aliphatic carbocycles. The highest BCUT2D eigenvalue weighted by Gasteiger charge is 2.14. The molecular formula is C23H20N2O6. The van der Waals surface area contributed by atoms with Crippen molar-refractivity contribution in [1.82, 2.24) is 0 Å². The van der Waals surface area contributed by atoms with Crippen LogP contribution in [-0.2, 0) is 4.74 Å². The number of rotatable bonds is 6. The van der Waals surface area contributed by atoms with Crippen molar-refractivity contribution in [3.63, 3.8) is 0 Å². The standard InChI is InChI=1S/C23H20N2O6/c1-2-30-23(29)31-16-13-11-15(12-14-16)21(27)24-18-8-4-5-9-19(18)25-22(28)17-7-3-6-10-20(17)26/h3-14,26H,2H2,1H3,(H,24,27)(H,25,28). The summed E-state index contributed by atoms with van der Waals surface area (Å²) in [7, 11) is 0. The first-order valence-electron chi connectivity index (χ1n) is 9.42. The molecule has 0 aliphatic heterocycles. The predicted octanol–water partition coefficient (Wildman–Crippen LogP) is 4.43. The second kappa shape index (κ2) is 9.93. The van der Waals surface area contributed by atoms with Gasteiger partial charge >= 0.3 is 6.16 Å². The van der Waals surface area contributed by atoms with Crippen molar-refractivity contribution in [1.29, 1.82) is 0 Å². The number of amides is 2. The van der Waals surface area contributed by atoms with E-state index in [9.17, 15) is 19.5 Å². The maximum absolute atomic E-state index is 12.6. The molecule has 0 unspecified atom stereocenters. The summed E-state index contributed by atoms with van der Waals surface area (Å²) in [6, 6.07) is 18.8. The van der Waals surface area contributed by atoms with Crippen LogP contribution in [0.1, 0.15) is 27.6 Å². The molecule has 0 heterocycles. The van der Waals surface area contributed by atoms with Crippen LogP contribution in [0.4, 0.5) is 16.2 Å². The molecule has 3 N–H and O–H groups in total. The lowest BCUT2D eigenvalue weighted by atomic mass is 10.1. The highest BCUT2D eigenvalue weighted by Crippen LogP contribution is 2.24. The lowest BCUT2D eigenvalue weighted by Crippen LogP contribution is -2.17. The SMILES string of the molecule is CCOC(=O)Oc1ccc(C(=O)Nc2ccccc2NC(=O)c2ccccc2O)cc1. The average Bonchev–Trinajstić information content (AvgIpc) is 2.76. The number of carbonyl (C=O) groups excluding carboxylic acids is 3. The first kappa shape index (κ1) is 21.4. The Kier molecular flexibility index (Phi) is 6.85. The number of anilines is 2. The second-order valence-corrected chi connectivity index (χ2v) is 6.28. The van der Waals surface area contributed by atoms with E-state index in [0.717, 1.165) is 0 Å². The van der Waals surface area contributed by atoms with Crippen LogP contribution in [0, 0.1) is 0 Å². The van der Waals surface area contributed by atoms with E-state index in [1.807, 2.05) is 0 Å². The largest absolute Gasteiger partial charge is 0.513 e. The summed E-state index contributed by atoms with van der Waals surface area (Å²) in [5.41, 5.74) is 1.17. The van der Waals surface area contributed by atoms with Crippen molar-refractivity contribution in [3.05, 3.63) is 83.9 Å². The van der Waals surface area contributed by atoms with Gasteiger partial charge in [0.2, 0.25) is 0 Å². The van der Waals surface area contributed by atoms with Crippen LogP contribution in [-0.4, -0.2) is 29.7 Å². The van der Waals surface area contributed by atoms with Crippen LogP contribution in [0.3, 0.4) is 0 Å². The number of para-hydroxylation sites is 3. The Morgan fingerprint density at radius 3 is 2.00 bits per heavy atom. The minimum Gasteiger partial charge on any atom is -0.507 e. The van der Waals surface area contributed by atoms with Crippen molar-refractivity contribution in [2.75, 3.05) is 17.2 Å². The monoisotopic (exact) mass is 420 g/mol. The van der Waals surface area contributed by atoms with Crippen molar-refractivity contribution in [2.45, 2.75) is 6.92 Å². The summed E-state index contributed by atoms with van der Waals surface area (Å²) >= 11 is 0. The third-order valence-electron chi connectivity index (χ3n) is 4.15. The Labute approximate surface area is 178 Å². The van der Waals surface area contributed by atoms with Gasteiger partial charge in [0.05, 0.1) is 23.5 Å². The molecule has 0 atom stereocenters. The first-order chi connectivity index (χ1) is 15.0. The van der Waals surface area contributed by atoms with Gasteiger partial charge in [-0.1, -0.05) is 24.3 Å². The second-order valence-electron chi connectivity index (χ2n) is 6.28. The fourth-order valence-electron chi connectivity index (χ4n) is 2.67. The summed E-state index contributed by atoms with van der Waals surface area (Å²) in [6.07, 6.45) is -0.825. The molecule has 158 valence electrons. The van der Waals surface area contributed by atoms with Crippen LogP contribution in [0.25, 0.3) is 0 Å². The maximum atomic E-state index is 12.6. The Balaban J connectivity index is 1.70. The van der Waals surface area contributed by atoms with Gasteiger partial charge in [-0.05, 0) is 55.5 Å². The van der Waals surface area contributed by atoms with Gasteiger partial charge in [0.1, 0.15) is 11.5 Å². The van der Waals surface area contributed by atoms with Crippen molar-refractivity contribution in [3.8, 4) is 11.5 Å². The highest BCUT2D eigenvalue weighted by atomic mass is 16.7. The van der Waals surface area contributed by atoms with Gasteiger partial charge in [-0.2, -0.15) is 0 Å². The molecule has 0 aromatic heterocycles. The van der Waals surface area contributed by atoms with Gasteiger partial charge in [0.25, 0.3) is 11.8 Å². The van der Waals surface area contributed by atoms with E-state index in [1.54, 1.807) is 43.3 Å². The number of phenols is 1. The topological polar surface area (TPSA) is 114 Å². The molecule has 3 aromatic carbocycles. The first-order valence-corrected chi connectivity index (χ1v) is 9.42. The predicted molar refractivity (Wildman–Crippen MR) is 115 cm³/mol. The van der Waals surface area contributed by atoms with E-state index < -0.39 is 18.0 Å². The Hall–Kier alpha value is -4.33. The van der Waals surface area contributed by atoms with E-state index >= 15 is 0 Å². The summed E-state index contributed by atoms with van der Waals surface area (Å²) in [5, 5.41) is 15.3. The normalized spacial score (nSPS) is 10.1. The molecule has 3 rings (SSSR count). The summed E-state index contributed by atoms with van der Waals surface area (Å²) in [5.74, 6) is -0.843. The zero-order valence-electron chi connectivity index (χ0n) is 16.6. The minimum absolute atomic E-state index is 0.112. The molecular weight excluding hydrogens is 400 g/mol. The van der Waals surface area contributed by atoms with Gasteiger partial charge in [-0.15, -0.1) is 0 Å². The average molecular weight is 420 g/mol. The highest BCUT2D eigenvalue weighted by molar-refractivity contribution is 6.10. The number of hydrogen-bond acceptors (Lipinski definition) is 6. The molecule has 0 bridgehead atoms. The number of aromatic hydroxyl groups is 1. The van der Waals surface area contributed by atoms with Crippen LogP contribution < -0.4 is 15.4 Å². The number of hydrogen-bond donors (Lipinski definition) is 3. The molecule has 0 radical (unpaired) electrons. The third-order valence-corrected chi connectivity index (χ3v) is 4.15. The fourth-order valence-corrected chi connectivity index (χ4v) is 2.67. The summed E-state index contributed by atoms with van der Waals surface area (Å²) in [4.78, 5) is 36.4. The van der Waals surface area contributed by atoms with Gasteiger partial charge in [-0.25, -0.2) is 4.79 Å². The maximum Gasteiger partial charge on any atom is 0.513 e. The molecule has 0 fully saturated rings. The van der Waals surface area contributed by atoms with E-state index in [4.69, 9.17) is 9.47 Å². The Morgan fingerprint density at radius 1 is 0.806 bits per heavy atom. The summed E-state index contributed by atoms with van der Waals surface area (Å²) < 4.78 is 9.66. The molecule has 8 nitrogen and oxygen atoms in total. The zero-order chi connectivity index (χ0) is 22.2. The van der Waals surface area contributed by atoms with Gasteiger partial charge in [-0.3, -0.25) is 9.59 Å². The minimum atomic E-state index is -0.825. The van der Waals surface area contributed by atoms with Crippen molar-refractivity contribution >= 4 is 29.3 Å². The van der Waals surface area contributed by atoms with Crippen LogP contribution >= 0.6 is 0 Å². The molecule has 0 saturated heterocycles. The Morgan fingerprint density at radius 2 is 1.39 bits per heavy atom. The molecule has 3 aromatic rings. The van der Waals surface area contributed by atoms with Crippen molar-refractivity contribution < 1.29 is 29.0 Å². The third kappa shape index (κ3) is 5.60. The molecule has 8 heteroatoms. The van der Waals surface area contributed by atoms with E-state index in [2.05, 4.69) is 10.6 Å². The number of carbonyl (C=O) groups is 3. The quantitative estimate of drug-likeness (QED) is 0.401. The van der Waals surface area contributed by atoms with Gasteiger partial charge in [0, 0.05) is 5.56 Å². The molecule has 0 spiro atoms. The van der Waals surface area contributed by atoms with E-state index in [-0.39, 0.29) is 23.7 Å². The molecule has 0 aliphatic rings. The molecule has 2 amide bonds. The van der Waals surface area contributed by atoms with Gasteiger partial charge < -0.3 is 25.2 Å². The lowest BCUT2D eigenvalue weighted by molar-refractivity contribution is 0.101. The number of phenolic OH excluding ortho intramolecular Hbond substituents is 1. The molecule has 0 saturated carbocycles. The summed E-state index contributed by atoms with van der Waals surface area (Å²) in [6.45, 7) is 1.86. The van der Waals surface area contributed by atoms with Gasteiger partial charge in [0.15, 0.2) is 0 Å². The van der Waals surface area contributed by atoms with Crippen LogP contribution in [0.15, 0.2) is 72.8 Å². The number of nitrogens with one attached hydrogen (secondary N) is 2. The van der Waals surface area contributed by atoms with Crippen LogP contribution in [0.2, 0.25) is 0 Å². The fraction of sp³-hybridized carbons (Fsp3) is 0.0870. The smallest absolute Gasteiger partial charge is 0.507 e.